The number of hydrogen-bond acceptors (Lipinski definition) is 3. The van der Waals surface area contributed by atoms with E-state index in [4.69, 9.17) is 0 Å². The zero-order chi connectivity index (χ0) is 21.3. The molecule has 1 N–H and O–H groups in total. The highest BCUT2D eigenvalue weighted by Crippen LogP contribution is 2.45. The van der Waals surface area contributed by atoms with Crippen molar-refractivity contribution in [3.63, 3.8) is 0 Å². The third kappa shape index (κ3) is 3.23. The van der Waals surface area contributed by atoms with Crippen LogP contribution in [0, 0.1) is 23.0 Å². The lowest BCUT2D eigenvalue weighted by molar-refractivity contribution is -0.00574. The standard InChI is InChI=1S/C24H18F2N2O2/c25-16-7-5-6-15(12-16)24(30)28-21(13-27)23(22(28)14-29)19-10-2-1-8-17(19)18-9-3-4-11-20(18)26/h1-12,21-23,29H,14H2/t21-,22+,23-/m0/s1. The van der Waals surface area contributed by atoms with Crippen LogP contribution in [0.4, 0.5) is 8.78 Å². The number of aliphatic hydroxyl groups excluding tert-OH is 1. The molecule has 150 valence electrons. The lowest BCUT2D eigenvalue weighted by Crippen LogP contribution is -2.65. The molecule has 1 aliphatic heterocycles. The smallest absolute Gasteiger partial charge is 0.255 e. The van der Waals surface area contributed by atoms with Gasteiger partial charge in [0.15, 0.2) is 0 Å². The molecule has 0 radical (unpaired) electrons. The summed E-state index contributed by atoms with van der Waals surface area (Å²) in [6, 6.07) is 19.2. The third-order valence-electron chi connectivity index (χ3n) is 5.52. The Morgan fingerprint density at radius 1 is 1.00 bits per heavy atom. The SMILES string of the molecule is N#C[C@H]1[C@H](c2ccccc2-c2ccccc2F)[C@@H](CO)N1C(=O)c1cccc(F)c1. The minimum Gasteiger partial charge on any atom is -0.394 e. The van der Waals surface area contributed by atoms with E-state index in [1.807, 2.05) is 0 Å². The van der Waals surface area contributed by atoms with Crippen LogP contribution in [0.25, 0.3) is 11.1 Å². The molecule has 0 saturated carbocycles. The summed E-state index contributed by atoms with van der Waals surface area (Å²) in [6.07, 6.45) is 0. The number of nitriles is 1. The van der Waals surface area contributed by atoms with Crippen LogP contribution in [0.3, 0.4) is 0 Å². The molecule has 6 heteroatoms. The van der Waals surface area contributed by atoms with Crippen molar-refractivity contribution in [1.29, 1.82) is 5.26 Å². The minimum atomic E-state index is -0.870. The number of halogens is 2. The first-order valence-corrected chi connectivity index (χ1v) is 9.49. The Morgan fingerprint density at radius 3 is 2.37 bits per heavy atom. The van der Waals surface area contributed by atoms with E-state index < -0.39 is 35.5 Å². The van der Waals surface area contributed by atoms with Crippen molar-refractivity contribution in [2.45, 2.75) is 18.0 Å². The van der Waals surface area contributed by atoms with Crippen molar-refractivity contribution < 1.29 is 18.7 Å². The number of benzene rings is 3. The fourth-order valence-corrected chi connectivity index (χ4v) is 4.14. The van der Waals surface area contributed by atoms with Gasteiger partial charge in [-0.25, -0.2) is 8.78 Å². The van der Waals surface area contributed by atoms with Gasteiger partial charge >= 0.3 is 0 Å². The van der Waals surface area contributed by atoms with Crippen molar-refractivity contribution in [2.75, 3.05) is 6.61 Å². The van der Waals surface area contributed by atoms with Gasteiger partial charge in [0.05, 0.1) is 18.7 Å². The maximum Gasteiger partial charge on any atom is 0.255 e. The number of carbonyl (C=O) groups is 1. The predicted molar refractivity (Wildman–Crippen MR) is 107 cm³/mol. The minimum absolute atomic E-state index is 0.106. The van der Waals surface area contributed by atoms with Gasteiger partial charge in [0.2, 0.25) is 0 Å². The highest BCUT2D eigenvalue weighted by molar-refractivity contribution is 5.96. The second-order valence-electron chi connectivity index (χ2n) is 7.14. The second-order valence-corrected chi connectivity index (χ2v) is 7.14. The number of hydrogen-bond donors (Lipinski definition) is 1. The Balaban J connectivity index is 1.74. The van der Waals surface area contributed by atoms with Crippen LogP contribution in [0.2, 0.25) is 0 Å². The van der Waals surface area contributed by atoms with Gasteiger partial charge in [-0.2, -0.15) is 5.26 Å². The van der Waals surface area contributed by atoms with Gasteiger partial charge < -0.3 is 10.0 Å². The number of amides is 1. The molecule has 3 atom stereocenters. The molecule has 1 saturated heterocycles. The molecule has 4 nitrogen and oxygen atoms in total. The van der Waals surface area contributed by atoms with Gasteiger partial charge in [-0.1, -0.05) is 48.5 Å². The number of rotatable bonds is 4. The molecule has 0 aromatic heterocycles. The Labute approximate surface area is 172 Å². The topological polar surface area (TPSA) is 64.3 Å². The summed E-state index contributed by atoms with van der Waals surface area (Å²) in [7, 11) is 0. The van der Waals surface area contributed by atoms with E-state index in [9.17, 15) is 23.9 Å². The van der Waals surface area contributed by atoms with E-state index >= 15 is 0 Å². The number of aliphatic hydroxyl groups is 1. The lowest BCUT2D eigenvalue weighted by Gasteiger charge is -2.52. The van der Waals surface area contributed by atoms with E-state index in [0.717, 1.165) is 6.07 Å². The largest absolute Gasteiger partial charge is 0.394 e. The molecule has 1 aliphatic rings. The van der Waals surface area contributed by atoms with Gasteiger partial charge in [0.25, 0.3) is 5.91 Å². The van der Waals surface area contributed by atoms with Gasteiger partial charge in [0.1, 0.15) is 17.7 Å². The van der Waals surface area contributed by atoms with Crippen LogP contribution >= 0.6 is 0 Å². The average Bonchev–Trinajstić information content (AvgIpc) is 2.74. The highest BCUT2D eigenvalue weighted by atomic mass is 19.1. The van der Waals surface area contributed by atoms with E-state index in [1.54, 1.807) is 42.5 Å². The van der Waals surface area contributed by atoms with Crippen LogP contribution in [-0.4, -0.2) is 34.6 Å². The number of carbonyl (C=O) groups excluding carboxylic acids is 1. The van der Waals surface area contributed by atoms with Crippen LogP contribution < -0.4 is 0 Å². The van der Waals surface area contributed by atoms with E-state index in [1.165, 1.54) is 29.2 Å². The molecule has 1 fully saturated rings. The van der Waals surface area contributed by atoms with Crippen molar-refractivity contribution in [1.82, 2.24) is 4.90 Å². The van der Waals surface area contributed by atoms with Crippen LogP contribution in [-0.2, 0) is 0 Å². The fraction of sp³-hybridized carbons (Fsp3) is 0.167. The molecule has 0 spiro atoms. The molecule has 30 heavy (non-hydrogen) atoms. The van der Waals surface area contributed by atoms with Gasteiger partial charge in [0, 0.05) is 17.0 Å². The highest BCUT2D eigenvalue weighted by Gasteiger charge is 2.52. The van der Waals surface area contributed by atoms with E-state index in [-0.39, 0.29) is 12.2 Å². The molecule has 3 aromatic carbocycles. The summed E-state index contributed by atoms with van der Waals surface area (Å²) in [5, 5.41) is 19.8. The van der Waals surface area contributed by atoms with Crippen molar-refractivity contribution in [3.05, 3.63) is 95.6 Å². The molecule has 4 rings (SSSR count). The van der Waals surface area contributed by atoms with Crippen LogP contribution in [0.15, 0.2) is 72.8 Å². The molecule has 1 heterocycles. The van der Waals surface area contributed by atoms with E-state index in [0.29, 0.717) is 16.7 Å². The average molecular weight is 404 g/mol. The Morgan fingerprint density at radius 2 is 1.70 bits per heavy atom. The Kier molecular flexibility index (Phi) is 5.30. The normalized spacial score (nSPS) is 20.3. The van der Waals surface area contributed by atoms with Gasteiger partial charge in [-0.3, -0.25) is 4.79 Å². The van der Waals surface area contributed by atoms with Gasteiger partial charge in [-0.15, -0.1) is 0 Å². The Bertz CT molecular complexity index is 1140. The summed E-state index contributed by atoms with van der Waals surface area (Å²) in [4.78, 5) is 14.2. The summed E-state index contributed by atoms with van der Waals surface area (Å²) in [6.45, 7) is -0.379. The molecular formula is C24H18F2N2O2. The first kappa shape index (κ1) is 19.7. The Hall–Kier alpha value is -3.56. The lowest BCUT2D eigenvalue weighted by atomic mass is 9.73. The summed E-state index contributed by atoms with van der Waals surface area (Å²) >= 11 is 0. The zero-order valence-corrected chi connectivity index (χ0v) is 15.9. The molecule has 3 aromatic rings. The van der Waals surface area contributed by atoms with Gasteiger partial charge in [-0.05, 0) is 35.4 Å². The molecule has 1 amide bonds. The third-order valence-corrected chi connectivity index (χ3v) is 5.52. The molecular weight excluding hydrogens is 386 g/mol. The van der Waals surface area contributed by atoms with Crippen molar-refractivity contribution in [3.8, 4) is 17.2 Å². The molecule has 0 bridgehead atoms. The summed E-state index contributed by atoms with van der Waals surface area (Å²) in [5.74, 6) is -1.99. The number of likely N-dealkylation sites (tertiary alicyclic amines) is 1. The van der Waals surface area contributed by atoms with Crippen LogP contribution in [0.5, 0.6) is 0 Å². The monoisotopic (exact) mass is 404 g/mol. The first-order valence-electron chi connectivity index (χ1n) is 9.49. The van der Waals surface area contributed by atoms with Crippen LogP contribution in [0.1, 0.15) is 21.8 Å². The maximum atomic E-state index is 14.4. The first-order chi connectivity index (χ1) is 14.6. The second kappa shape index (κ2) is 8.05. The maximum absolute atomic E-state index is 14.4. The predicted octanol–water partition coefficient (Wildman–Crippen LogP) is 4.12. The fourth-order valence-electron chi connectivity index (χ4n) is 4.14. The quantitative estimate of drug-likeness (QED) is 0.711. The van der Waals surface area contributed by atoms with E-state index in [2.05, 4.69) is 6.07 Å². The molecule has 0 aliphatic carbocycles. The summed E-state index contributed by atoms with van der Waals surface area (Å²) < 4.78 is 28.0. The van der Waals surface area contributed by atoms with Crippen molar-refractivity contribution in [2.24, 2.45) is 0 Å². The number of nitrogens with zero attached hydrogens (tertiary/aromatic N) is 2. The zero-order valence-electron chi connectivity index (χ0n) is 15.9. The summed E-state index contributed by atoms with van der Waals surface area (Å²) in [5.41, 5.74) is 1.78. The molecule has 0 unspecified atom stereocenters. The van der Waals surface area contributed by atoms with Crippen molar-refractivity contribution >= 4 is 5.91 Å².